The van der Waals surface area contributed by atoms with Gasteiger partial charge in [0.05, 0.1) is 5.69 Å². The maximum atomic E-state index is 11.3. The molecule has 1 amide bonds. The molecule has 15 heavy (non-hydrogen) atoms. The van der Waals surface area contributed by atoms with Gasteiger partial charge in [0.25, 0.3) is 0 Å². The summed E-state index contributed by atoms with van der Waals surface area (Å²) in [6, 6.07) is 0. The molecule has 0 saturated heterocycles. The summed E-state index contributed by atoms with van der Waals surface area (Å²) in [6.45, 7) is 4.09. The van der Waals surface area contributed by atoms with Gasteiger partial charge in [-0.1, -0.05) is 6.92 Å². The van der Waals surface area contributed by atoms with E-state index in [1.807, 2.05) is 13.8 Å². The molecule has 0 bridgehead atoms. The van der Waals surface area contributed by atoms with E-state index in [0.29, 0.717) is 18.0 Å². The molecule has 4 nitrogen and oxygen atoms in total. The van der Waals surface area contributed by atoms with Crippen LogP contribution >= 0.6 is 11.3 Å². The van der Waals surface area contributed by atoms with Gasteiger partial charge in [0.15, 0.2) is 5.13 Å². The van der Waals surface area contributed by atoms with E-state index in [1.54, 1.807) is 0 Å². The van der Waals surface area contributed by atoms with Crippen molar-refractivity contribution in [3.63, 3.8) is 0 Å². The Hall–Kier alpha value is -0.940. The minimum Gasteiger partial charge on any atom is -0.396 e. The van der Waals surface area contributed by atoms with Crippen molar-refractivity contribution in [3.8, 4) is 0 Å². The summed E-state index contributed by atoms with van der Waals surface area (Å²) in [5.74, 6) is -0.0829. The highest BCUT2D eigenvalue weighted by Crippen LogP contribution is 2.22. The van der Waals surface area contributed by atoms with Gasteiger partial charge in [0, 0.05) is 17.9 Å². The van der Waals surface area contributed by atoms with Crippen molar-refractivity contribution in [2.75, 3.05) is 11.9 Å². The molecule has 1 aromatic rings. The maximum absolute atomic E-state index is 11.3. The molecule has 0 aromatic carbocycles. The van der Waals surface area contributed by atoms with Gasteiger partial charge in [-0.25, -0.2) is 4.98 Å². The van der Waals surface area contributed by atoms with Crippen molar-refractivity contribution in [1.29, 1.82) is 0 Å². The first kappa shape index (κ1) is 12.1. The third-order valence-corrected chi connectivity index (χ3v) is 2.96. The minimum absolute atomic E-state index is 0.0462. The molecular formula is C10H16N2O2S. The van der Waals surface area contributed by atoms with Crippen LogP contribution in [0.4, 0.5) is 5.13 Å². The lowest BCUT2D eigenvalue weighted by atomic mass is 10.3. The van der Waals surface area contributed by atoms with Crippen molar-refractivity contribution in [1.82, 2.24) is 4.98 Å². The van der Waals surface area contributed by atoms with E-state index < -0.39 is 0 Å². The van der Waals surface area contributed by atoms with Crippen LogP contribution in [0, 0.1) is 6.92 Å². The largest absolute Gasteiger partial charge is 0.396 e. The number of aryl methyl sites for hydroxylation is 2. The molecule has 0 aliphatic rings. The zero-order valence-corrected chi connectivity index (χ0v) is 9.86. The Kier molecular flexibility index (Phi) is 4.71. The van der Waals surface area contributed by atoms with E-state index in [1.165, 1.54) is 11.3 Å². The number of rotatable bonds is 5. The fraction of sp³-hybridized carbons (Fsp3) is 0.600. The van der Waals surface area contributed by atoms with Crippen molar-refractivity contribution in [3.05, 3.63) is 10.6 Å². The van der Waals surface area contributed by atoms with Crippen LogP contribution in [0.5, 0.6) is 0 Å². The molecule has 0 radical (unpaired) electrons. The van der Waals surface area contributed by atoms with Crippen LogP contribution in [0.3, 0.4) is 0 Å². The maximum Gasteiger partial charge on any atom is 0.226 e. The summed E-state index contributed by atoms with van der Waals surface area (Å²) in [7, 11) is 0. The second-order valence-corrected chi connectivity index (χ2v) is 4.45. The number of thiazole rings is 1. The van der Waals surface area contributed by atoms with E-state index >= 15 is 0 Å². The molecule has 2 N–H and O–H groups in total. The monoisotopic (exact) mass is 228 g/mol. The van der Waals surface area contributed by atoms with Crippen molar-refractivity contribution >= 4 is 22.4 Å². The van der Waals surface area contributed by atoms with Gasteiger partial charge >= 0.3 is 0 Å². The van der Waals surface area contributed by atoms with Gasteiger partial charge in [0.2, 0.25) is 5.91 Å². The molecule has 0 fully saturated rings. The predicted molar refractivity (Wildman–Crippen MR) is 61.2 cm³/mol. The number of amides is 1. The first-order valence-electron chi connectivity index (χ1n) is 5.04. The van der Waals surface area contributed by atoms with Crippen LogP contribution in [0.1, 0.15) is 30.3 Å². The topological polar surface area (TPSA) is 62.2 Å². The highest BCUT2D eigenvalue weighted by Gasteiger charge is 2.08. The second kappa shape index (κ2) is 5.82. The molecule has 84 valence electrons. The Morgan fingerprint density at radius 1 is 1.60 bits per heavy atom. The molecule has 1 rings (SSSR count). The van der Waals surface area contributed by atoms with Gasteiger partial charge in [-0.15, -0.1) is 11.3 Å². The molecule has 0 aliphatic carbocycles. The molecule has 0 aliphatic heterocycles. The van der Waals surface area contributed by atoms with Gasteiger partial charge < -0.3 is 10.4 Å². The number of carbonyl (C=O) groups is 1. The van der Waals surface area contributed by atoms with Crippen LogP contribution in [0.2, 0.25) is 0 Å². The zero-order valence-electron chi connectivity index (χ0n) is 9.04. The van der Waals surface area contributed by atoms with Crippen LogP contribution < -0.4 is 5.32 Å². The van der Waals surface area contributed by atoms with Crippen molar-refractivity contribution in [2.24, 2.45) is 0 Å². The Morgan fingerprint density at radius 3 is 2.87 bits per heavy atom. The lowest BCUT2D eigenvalue weighted by molar-refractivity contribution is -0.116. The lowest BCUT2D eigenvalue weighted by Gasteiger charge is -1.99. The Labute approximate surface area is 93.4 Å². The SMILES string of the molecule is CCc1nc(NC(=O)CCCO)sc1C. The van der Waals surface area contributed by atoms with Crippen LogP contribution in [0.25, 0.3) is 0 Å². The van der Waals surface area contributed by atoms with Crippen LogP contribution in [-0.2, 0) is 11.2 Å². The third-order valence-electron chi connectivity index (χ3n) is 2.04. The third kappa shape index (κ3) is 3.60. The highest BCUT2D eigenvalue weighted by atomic mass is 32.1. The number of nitrogens with zero attached hydrogens (tertiary/aromatic N) is 1. The number of aliphatic hydroxyl groups excluding tert-OH is 1. The number of aromatic nitrogens is 1. The first-order valence-corrected chi connectivity index (χ1v) is 5.86. The quantitative estimate of drug-likeness (QED) is 0.806. The van der Waals surface area contributed by atoms with E-state index in [0.717, 1.165) is 17.0 Å². The summed E-state index contributed by atoms with van der Waals surface area (Å²) in [5, 5.41) is 12.0. The lowest BCUT2D eigenvalue weighted by Crippen LogP contribution is -2.11. The van der Waals surface area contributed by atoms with Gasteiger partial charge in [-0.05, 0) is 19.8 Å². The highest BCUT2D eigenvalue weighted by molar-refractivity contribution is 7.15. The predicted octanol–water partition coefficient (Wildman–Crippen LogP) is 1.72. The summed E-state index contributed by atoms with van der Waals surface area (Å²) >= 11 is 1.50. The molecule has 1 aromatic heterocycles. The minimum atomic E-state index is -0.0829. The van der Waals surface area contributed by atoms with Crippen LogP contribution in [-0.4, -0.2) is 22.6 Å². The average molecular weight is 228 g/mol. The van der Waals surface area contributed by atoms with E-state index in [-0.39, 0.29) is 12.5 Å². The van der Waals surface area contributed by atoms with E-state index in [4.69, 9.17) is 5.11 Å². The summed E-state index contributed by atoms with van der Waals surface area (Å²) < 4.78 is 0. The Bertz CT molecular complexity index is 336. The molecule has 0 atom stereocenters. The van der Waals surface area contributed by atoms with Crippen LogP contribution in [0.15, 0.2) is 0 Å². The number of carbonyl (C=O) groups excluding carboxylic acids is 1. The molecule has 0 spiro atoms. The fourth-order valence-electron chi connectivity index (χ4n) is 1.23. The van der Waals surface area contributed by atoms with Gasteiger partial charge in [-0.3, -0.25) is 4.79 Å². The Morgan fingerprint density at radius 2 is 2.33 bits per heavy atom. The number of nitrogens with one attached hydrogen (secondary N) is 1. The average Bonchev–Trinajstić information content (AvgIpc) is 2.55. The summed E-state index contributed by atoms with van der Waals surface area (Å²) in [4.78, 5) is 16.8. The van der Waals surface area contributed by atoms with E-state index in [2.05, 4.69) is 10.3 Å². The number of anilines is 1. The standard InChI is InChI=1S/C10H16N2O2S/c1-3-8-7(2)15-10(11-8)12-9(14)5-4-6-13/h13H,3-6H2,1-2H3,(H,11,12,14). The first-order chi connectivity index (χ1) is 7.17. The smallest absolute Gasteiger partial charge is 0.226 e. The molecular weight excluding hydrogens is 212 g/mol. The molecule has 1 heterocycles. The Balaban J connectivity index is 2.53. The molecule has 0 unspecified atom stereocenters. The summed E-state index contributed by atoms with van der Waals surface area (Å²) in [6.07, 6.45) is 1.72. The number of hydrogen-bond acceptors (Lipinski definition) is 4. The summed E-state index contributed by atoms with van der Waals surface area (Å²) in [5.41, 5.74) is 1.04. The second-order valence-electron chi connectivity index (χ2n) is 3.25. The van der Waals surface area contributed by atoms with Crippen molar-refractivity contribution in [2.45, 2.75) is 33.1 Å². The number of hydrogen-bond donors (Lipinski definition) is 2. The van der Waals surface area contributed by atoms with E-state index in [9.17, 15) is 4.79 Å². The molecule has 0 saturated carbocycles. The fourth-order valence-corrected chi connectivity index (χ4v) is 2.15. The zero-order chi connectivity index (χ0) is 11.3. The normalized spacial score (nSPS) is 10.3. The van der Waals surface area contributed by atoms with Gasteiger partial charge in [0.1, 0.15) is 0 Å². The number of aliphatic hydroxyl groups is 1. The van der Waals surface area contributed by atoms with Gasteiger partial charge in [-0.2, -0.15) is 0 Å². The molecule has 5 heteroatoms. The van der Waals surface area contributed by atoms with Crippen molar-refractivity contribution < 1.29 is 9.90 Å².